The SMILES string of the molecule is Fc1ccc(Cn2ccc(NC(=S)Nc3ccc4c(c3)OCO4)n2)cc1. The average molecular weight is 370 g/mol. The summed E-state index contributed by atoms with van der Waals surface area (Å²) >= 11 is 5.31. The Labute approximate surface area is 154 Å². The molecule has 0 saturated heterocycles. The monoisotopic (exact) mass is 370 g/mol. The van der Waals surface area contributed by atoms with E-state index in [0.717, 1.165) is 11.3 Å². The van der Waals surface area contributed by atoms with Gasteiger partial charge < -0.3 is 20.1 Å². The van der Waals surface area contributed by atoms with Crippen molar-refractivity contribution < 1.29 is 13.9 Å². The minimum Gasteiger partial charge on any atom is -0.454 e. The highest BCUT2D eigenvalue weighted by molar-refractivity contribution is 7.80. The molecule has 132 valence electrons. The van der Waals surface area contributed by atoms with Gasteiger partial charge in [0.15, 0.2) is 22.4 Å². The van der Waals surface area contributed by atoms with Gasteiger partial charge >= 0.3 is 0 Å². The molecule has 0 unspecified atom stereocenters. The van der Waals surface area contributed by atoms with E-state index in [1.54, 1.807) is 16.8 Å². The lowest BCUT2D eigenvalue weighted by atomic mass is 10.2. The first kappa shape index (κ1) is 16.3. The van der Waals surface area contributed by atoms with Gasteiger partial charge in [-0.05, 0) is 42.0 Å². The second-order valence-electron chi connectivity index (χ2n) is 5.67. The Bertz CT molecular complexity index is 943. The number of fused-ring (bicyclic) bond motifs is 1. The van der Waals surface area contributed by atoms with Crippen LogP contribution in [0.15, 0.2) is 54.7 Å². The lowest BCUT2D eigenvalue weighted by Gasteiger charge is -2.09. The maximum absolute atomic E-state index is 13.0. The molecule has 2 aromatic carbocycles. The van der Waals surface area contributed by atoms with Gasteiger partial charge in [0, 0.05) is 24.0 Å². The summed E-state index contributed by atoms with van der Waals surface area (Å²) in [5, 5.41) is 10.9. The number of rotatable bonds is 4. The van der Waals surface area contributed by atoms with Gasteiger partial charge in [-0.2, -0.15) is 5.10 Å². The fourth-order valence-electron chi connectivity index (χ4n) is 2.55. The van der Waals surface area contributed by atoms with Crippen molar-refractivity contribution in [3.63, 3.8) is 0 Å². The van der Waals surface area contributed by atoms with Crippen molar-refractivity contribution in [1.29, 1.82) is 0 Å². The van der Waals surface area contributed by atoms with E-state index in [2.05, 4.69) is 15.7 Å². The number of ether oxygens (including phenoxy) is 2. The average Bonchev–Trinajstić information content (AvgIpc) is 3.25. The molecule has 0 fully saturated rings. The van der Waals surface area contributed by atoms with Gasteiger partial charge in [-0.25, -0.2) is 4.39 Å². The maximum atomic E-state index is 13.0. The summed E-state index contributed by atoms with van der Waals surface area (Å²) in [4.78, 5) is 0. The third kappa shape index (κ3) is 3.75. The van der Waals surface area contributed by atoms with Crippen molar-refractivity contribution in [2.75, 3.05) is 17.4 Å². The summed E-state index contributed by atoms with van der Waals surface area (Å²) in [7, 11) is 0. The van der Waals surface area contributed by atoms with Crippen LogP contribution < -0.4 is 20.1 Å². The molecule has 0 amide bonds. The molecule has 0 aliphatic carbocycles. The zero-order chi connectivity index (χ0) is 17.9. The van der Waals surface area contributed by atoms with Crippen molar-refractivity contribution in [3.8, 4) is 11.5 Å². The van der Waals surface area contributed by atoms with Crippen LogP contribution in [-0.4, -0.2) is 21.7 Å². The third-order valence-electron chi connectivity index (χ3n) is 3.77. The predicted molar refractivity (Wildman–Crippen MR) is 100 cm³/mol. The van der Waals surface area contributed by atoms with Crippen LogP contribution in [-0.2, 0) is 6.54 Å². The molecule has 0 atom stereocenters. The van der Waals surface area contributed by atoms with Crippen LogP contribution in [0.2, 0.25) is 0 Å². The predicted octanol–water partition coefficient (Wildman–Crippen LogP) is 3.61. The van der Waals surface area contributed by atoms with Crippen LogP contribution in [0.25, 0.3) is 0 Å². The van der Waals surface area contributed by atoms with E-state index in [1.807, 2.05) is 30.5 Å². The van der Waals surface area contributed by atoms with Crippen molar-refractivity contribution in [2.24, 2.45) is 0 Å². The summed E-state index contributed by atoms with van der Waals surface area (Å²) in [6.07, 6.45) is 1.83. The molecule has 3 aromatic rings. The smallest absolute Gasteiger partial charge is 0.231 e. The summed E-state index contributed by atoms with van der Waals surface area (Å²) < 4.78 is 25.3. The Kier molecular flexibility index (Phi) is 4.40. The fourth-order valence-corrected chi connectivity index (χ4v) is 2.77. The summed E-state index contributed by atoms with van der Waals surface area (Å²) in [6.45, 7) is 0.775. The topological polar surface area (TPSA) is 60.3 Å². The van der Waals surface area contributed by atoms with Gasteiger partial charge in [0.2, 0.25) is 6.79 Å². The van der Waals surface area contributed by atoms with Gasteiger partial charge in [0.1, 0.15) is 5.82 Å². The van der Waals surface area contributed by atoms with Gasteiger partial charge in [0.05, 0.1) is 6.54 Å². The van der Waals surface area contributed by atoms with Crippen LogP contribution in [0.4, 0.5) is 15.9 Å². The van der Waals surface area contributed by atoms with E-state index in [-0.39, 0.29) is 12.6 Å². The zero-order valence-electron chi connectivity index (χ0n) is 13.6. The number of hydrogen-bond donors (Lipinski definition) is 2. The first-order chi connectivity index (χ1) is 12.7. The molecule has 1 aromatic heterocycles. The van der Waals surface area contributed by atoms with E-state index in [9.17, 15) is 4.39 Å². The second kappa shape index (κ2) is 7.01. The molecule has 26 heavy (non-hydrogen) atoms. The standard InChI is InChI=1S/C18H15FN4O2S/c19-13-3-1-12(2-4-13)10-23-8-7-17(22-23)21-18(26)20-14-5-6-15-16(9-14)25-11-24-15/h1-9H,10-11H2,(H2,20,21,22,26). The van der Waals surface area contributed by atoms with Crippen molar-refractivity contribution in [1.82, 2.24) is 9.78 Å². The van der Waals surface area contributed by atoms with Crippen LogP contribution >= 0.6 is 12.2 Å². The van der Waals surface area contributed by atoms with Gasteiger partial charge in [0.25, 0.3) is 0 Å². The highest BCUT2D eigenvalue weighted by atomic mass is 32.1. The van der Waals surface area contributed by atoms with Gasteiger partial charge in [-0.3, -0.25) is 4.68 Å². The molecule has 6 nitrogen and oxygen atoms in total. The molecular formula is C18H15FN4O2S. The van der Waals surface area contributed by atoms with E-state index in [0.29, 0.717) is 29.0 Å². The first-order valence-electron chi connectivity index (χ1n) is 7.91. The number of nitrogens with one attached hydrogen (secondary N) is 2. The number of anilines is 2. The molecule has 0 radical (unpaired) electrons. The van der Waals surface area contributed by atoms with E-state index in [1.165, 1.54) is 12.1 Å². The number of nitrogens with zero attached hydrogens (tertiary/aromatic N) is 2. The van der Waals surface area contributed by atoms with Gasteiger partial charge in [-0.15, -0.1) is 0 Å². The van der Waals surface area contributed by atoms with Crippen LogP contribution in [0.3, 0.4) is 0 Å². The minimum atomic E-state index is -0.253. The van der Waals surface area contributed by atoms with E-state index < -0.39 is 0 Å². The normalized spacial score (nSPS) is 12.0. The van der Waals surface area contributed by atoms with Crippen molar-refractivity contribution in [2.45, 2.75) is 6.54 Å². The van der Waals surface area contributed by atoms with E-state index >= 15 is 0 Å². The number of benzene rings is 2. The maximum Gasteiger partial charge on any atom is 0.231 e. The molecule has 0 bridgehead atoms. The Morgan fingerprint density at radius 2 is 1.88 bits per heavy atom. The Morgan fingerprint density at radius 3 is 2.73 bits per heavy atom. The van der Waals surface area contributed by atoms with Crippen LogP contribution in [0.5, 0.6) is 11.5 Å². The Hall–Kier alpha value is -3.13. The highest BCUT2D eigenvalue weighted by Gasteiger charge is 2.13. The lowest BCUT2D eigenvalue weighted by Crippen LogP contribution is -2.19. The molecule has 2 heterocycles. The van der Waals surface area contributed by atoms with Gasteiger partial charge in [-0.1, -0.05) is 12.1 Å². The van der Waals surface area contributed by atoms with Crippen molar-refractivity contribution >= 4 is 28.8 Å². The number of thiocarbonyl (C=S) groups is 1. The van der Waals surface area contributed by atoms with Crippen molar-refractivity contribution in [3.05, 3.63) is 66.1 Å². The highest BCUT2D eigenvalue weighted by Crippen LogP contribution is 2.34. The minimum absolute atomic E-state index is 0.229. The van der Waals surface area contributed by atoms with E-state index in [4.69, 9.17) is 21.7 Å². The molecule has 0 spiro atoms. The molecule has 2 N–H and O–H groups in total. The fraction of sp³-hybridized carbons (Fsp3) is 0.111. The Balaban J connectivity index is 1.36. The first-order valence-corrected chi connectivity index (χ1v) is 8.32. The lowest BCUT2D eigenvalue weighted by molar-refractivity contribution is 0.174. The molecular weight excluding hydrogens is 355 g/mol. The number of halogens is 1. The number of hydrogen-bond acceptors (Lipinski definition) is 4. The Morgan fingerprint density at radius 1 is 1.08 bits per heavy atom. The van der Waals surface area contributed by atoms with Crippen LogP contribution in [0.1, 0.15) is 5.56 Å². The zero-order valence-corrected chi connectivity index (χ0v) is 14.4. The summed E-state index contributed by atoms with van der Waals surface area (Å²) in [5.74, 6) is 1.76. The molecule has 4 rings (SSSR count). The summed E-state index contributed by atoms with van der Waals surface area (Å²) in [6, 6.07) is 13.6. The molecule has 1 aliphatic rings. The summed E-state index contributed by atoms with van der Waals surface area (Å²) in [5.41, 5.74) is 1.75. The largest absolute Gasteiger partial charge is 0.454 e. The molecule has 0 saturated carbocycles. The number of aromatic nitrogens is 2. The third-order valence-corrected chi connectivity index (χ3v) is 3.97. The quantitative estimate of drug-likeness (QED) is 0.684. The van der Waals surface area contributed by atoms with Crippen LogP contribution in [0, 0.1) is 5.82 Å². The molecule has 1 aliphatic heterocycles. The second-order valence-corrected chi connectivity index (χ2v) is 6.08. The molecule has 8 heteroatoms.